The molecular weight excluding hydrogens is 428 g/mol. The molecule has 1 N–H and O–H groups in total. The minimum atomic E-state index is -4.04. The smallest absolute Gasteiger partial charge is 0.322 e. The molecule has 164 valence electrons. The fourth-order valence-corrected chi connectivity index (χ4v) is 5.53. The SMILES string of the molecule is COc1ccc(S(=O)(=O)N(Cc2ccncc2)C(C(=O)O)C2CCCCC2)cc1.Cl. The Morgan fingerprint density at radius 2 is 1.73 bits per heavy atom. The summed E-state index contributed by atoms with van der Waals surface area (Å²) < 4.78 is 33.3. The summed E-state index contributed by atoms with van der Waals surface area (Å²) in [5.41, 5.74) is 0.694. The number of sulfonamides is 1. The summed E-state index contributed by atoms with van der Waals surface area (Å²) in [7, 11) is -2.54. The number of carboxylic acids is 1. The molecule has 0 bridgehead atoms. The number of rotatable bonds is 8. The normalized spacial score (nSPS) is 15.9. The van der Waals surface area contributed by atoms with Gasteiger partial charge in [0.2, 0.25) is 10.0 Å². The van der Waals surface area contributed by atoms with Crippen LogP contribution in [0.3, 0.4) is 0 Å². The molecule has 1 fully saturated rings. The van der Waals surface area contributed by atoms with E-state index in [1.165, 1.54) is 19.2 Å². The average molecular weight is 455 g/mol. The Bertz CT molecular complexity index is 916. The highest BCUT2D eigenvalue weighted by Crippen LogP contribution is 2.33. The molecule has 0 radical (unpaired) electrons. The Balaban J connectivity index is 0.00000320. The summed E-state index contributed by atoms with van der Waals surface area (Å²) in [6.45, 7) is -0.0235. The minimum Gasteiger partial charge on any atom is -0.497 e. The predicted molar refractivity (Wildman–Crippen MR) is 115 cm³/mol. The van der Waals surface area contributed by atoms with E-state index in [1.54, 1.807) is 36.7 Å². The van der Waals surface area contributed by atoms with Gasteiger partial charge in [-0.05, 0) is 60.7 Å². The maximum absolute atomic E-state index is 13.5. The molecular formula is C21H27ClN2O5S. The lowest BCUT2D eigenvalue weighted by Crippen LogP contribution is -2.49. The number of hydrogen-bond acceptors (Lipinski definition) is 5. The molecule has 1 aliphatic rings. The molecule has 1 aromatic carbocycles. The Kier molecular flexibility index (Phi) is 8.64. The van der Waals surface area contributed by atoms with Crippen molar-refractivity contribution in [3.05, 3.63) is 54.4 Å². The van der Waals surface area contributed by atoms with Crippen molar-refractivity contribution in [1.82, 2.24) is 9.29 Å². The second kappa shape index (κ2) is 10.7. The zero-order valence-corrected chi connectivity index (χ0v) is 18.4. The van der Waals surface area contributed by atoms with Crippen LogP contribution in [-0.2, 0) is 21.4 Å². The molecule has 1 heterocycles. The first-order valence-corrected chi connectivity index (χ1v) is 11.1. The summed E-state index contributed by atoms with van der Waals surface area (Å²) >= 11 is 0. The Morgan fingerprint density at radius 3 is 2.27 bits per heavy atom. The third-order valence-electron chi connectivity index (χ3n) is 5.41. The van der Waals surface area contributed by atoms with Gasteiger partial charge in [0.25, 0.3) is 0 Å². The molecule has 0 spiro atoms. The van der Waals surface area contributed by atoms with Crippen molar-refractivity contribution in [2.75, 3.05) is 7.11 Å². The van der Waals surface area contributed by atoms with Crippen LogP contribution in [0.4, 0.5) is 0 Å². The molecule has 0 amide bonds. The van der Waals surface area contributed by atoms with E-state index in [-0.39, 0.29) is 29.8 Å². The van der Waals surface area contributed by atoms with Gasteiger partial charge in [-0.25, -0.2) is 8.42 Å². The Morgan fingerprint density at radius 1 is 1.13 bits per heavy atom. The maximum atomic E-state index is 13.5. The summed E-state index contributed by atoms with van der Waals surface area (Å²) in [5, 5.41) is 10.0. The molecule has 30 heavy (non-hydrogen) atoms. The third kappa shape index (κ3) is 5.50. The zero-order chi connectivity index (χ0) is 20.9. The minimum absolute atomic E-state index is 0. The van der Waals surface area contributed by atoms with Crippen molar-refractivity contribution in [3.63, 3.8) is 0 Å². The van der Waals surface area contributed by atoms with Gasteiger partial charge >= 0.3 is 5.97 Å². The van der Waals surface area contributed by atoms with E-state index in [2.05, 4.69) is 4.98 Å². The maximum Gasteiger partial charge on any atom is 0.322 e. The number of nitrogens with zero attached hydrogens (tertiary/aromatic N) is 2. The van der Waals surface area contributed by atoms with Crippen LogP contribution < -0.4 is 4.74 Å². The number of benzene rings is 1. The van der Waals surface area contributed by atoms with Gasteiger partial charge in [-0.2, -0.15) is 4.31 Å². The first-order valence-electron chi connectivity index (χ1n) is 9.71. The summed E-state index contributed by atoms with van der Waals surface area (Å²) in [4.78, 5) is 16.3. The first-order chi connectivity index (χ1) is 13.9. The number of aromatic nitrogens is 1. The fraction of sp³-hybridized carbons (Fsp3) is 0.429. The zero-order valence-electron chi connectivity index (χ0n) is 16.8. The Hall–Kier alpha value is -2.16. The van der Waals surface area contributed by atoms with E-state index in [0.29, 0.717) is 24.2 Å². The number of halogens is 1. The van der Waals surface area contributed by atoms with Gasteiger partial charge in [-0.15, -0.1) is 12.4 Å². The molecule has 1 unspecified atom stereocenters. The van der Waals surface area contributed by atoms with Crippen LogP contribution in [0, 0.1) is 5.92 Å². The first kappa shape index (κ1) is 24.1. The van der Waals surface area contributed by atoms with E-state index < -0.39 is 22.0 Å². The van der Waals surface area contributed by atoms with E-state index in [4.69, 9.17) is 4.74 Å². The highest BCUT2D eigenvalue weighted by molar-refractivity contribution is 7.89. The lowest BCUT2D eigenvalue weighted by atomic mass is 9.84. The number of ether oxygens (including phenoxy) is 1. The highest BCUT2D eigenvalue weighted by atomic mass is 35.5. The third-order valence-corrected chi connectivity index (χ3v) is 7.25. The van der Waals surface area contributed by atoms with Gasteiger partial charge in [-0.3, -0.25) is 9.78 Å². The molecule has 3 rings (SSSR count). The number of aliphatic carboxylic acids is 1. The van der Waals surface area contributed by atoms with Crippen molar-refractivity contribution in [3.8, 4) is 5.75 Å². The molecule has 9 heteroatoms. The molecule has 1 saturated carbocycles. The highest BCUT2D eigenvalue weighted by Gasteiger charge is 2.41. The standard InChI is InChI=1S/C21H26N2O5S.ClH/c1-28-18-7-9-19(10-8-18)29(26,27)23(15-16-11-13-22-14-12-16)20(21(24)25)17-5-3-2-4-6-17;/h7-14,17,20H,2-6,15H2,1H3,(H,24,25);1H. The van der Waals surface area contributed by atoms with Gasteiger partial charge in [0.05, 0.1) is 12.0 Å². The van der Waals surface area contributed by atoms with Crippen molar-refractivity contribution < 1.29 is 23.1 Å². The van der Waals surface area contributed by atoms with Gasteiger partial charge in [0.15, 0.2) is 0 Å². The average Bonchev–Trinajstić information content (AvgIpc) is 2.74. The molecule has 0 aliphatic heterocycles. The van der Waals surface area contributed by atoms with Crippen LogP contribution in [0.1, 0.15) is 37.7 Å². The number of carbonyl (C=O) groups is 1. The topological polar surface area (TPSA) is 96.8 Å². The summed E-state index contributed by atoms with van der Waals surface area (Å²) in [5.74, 6) is -0.786. The predicted octanol–water partition coefficient (Wildman–Crippen LogP) is 3.74. The van der Waals surface area contributed by atoms with E-state index in [1.807, 2.05) is 0 Å². The largest absolute Gasteiger partial charge is 0.497 e. The number of hydrogen-bond donors (Lipinski definition) is 1. The van der Waals surface area contributed by atoms with E-state index in [9.17, 15) is 18.3 Å². The van der Waals surface area contributed by atoms with Crippen LogP contribution in [0.2, 0.25) is 0 Å². The van der Waals surface area contributed by atoms with Crippen molar-refractivity contribution in [2.45, 2.75) is 49.6 Å². The van der Waals surface area contributed by atoms with Crippen LogP contribution >= 0.6 is 12.4 Å². The molecule has 7 nitrogen and oxygen atoms in total. The number of carboxylic acid groups (broad SMARTS) is 1. The second-order valence-electron chi connectivity index (χ2n) is 7.26. The van der Waals surface area contributed by atoms with E-state index >= 15 is 0 Å². The lowest BCUT2D eigenvalue weighted by Gasteiger charge is -2.35. The van der Waals surface area contributed by atoms with Gasteiger partial charge in [-0.1, -0.05) is 19.3 Å². The molecule has 2 aromatic rings. The quantitative estimate of drug-likeness (QED) is 0.652. The lowest BCUT2D eigenvalue weighted by molar-refractivity contribution is -0.144. The Labute approximate surface area is 183 Å². The van der Waals surface area contributed by atoms with Gasteiger partial charge in [0, 0.05) is 18.9 Å². The number of pyridine rings is 1. The summed E-state index contributed by atoms with van der Waals surface area (Å²) in [6, 6.07) is 8.32. The van der Waals surface area contributed by atoms with Crippen LogP contribution in [0.5, 0.6) is 5.75 Å². The molecule has 0 saturated heterocycles. The van der Waals surface area contributed by atoms with Crippen LogP contribution in [0.15, 0.2) is 53.7 Å². The second-order valence-corrected chi connectivity index (χ2v) is 9.15. The van der Waals surface area contributed by atoms with Crippen molar-refractivity contribution in [2.24, 2.45) is 5.92 Å². The summed E-state index contributed by atoms with van der Waals surface area (Å²) in [6.07, 6.45) is 7.45. The fourth-order valence-electron chi connectivity index (χ4n) is 3.89. The molecule has 1 aliphatic carbocycles. The monoisotopic (exact) mass is 454 g/mol. The molecule has 1 atom stereocenters. The van der Waals surface area contributed by atoms with Crippen molar-refractivity contribution in [1.29, 1.82) is 0 Å². The number of methoxy groups -OCH3 is 1. The van der Waals surface area contributed by atoms with Gasteiger partial charge < -0.3 is 9.84 Å². The van der Waals surface area contributed by atoms with E-state index in [0.717, 1.165) is 23.6 Å². The van der Waals surface area contributed by atoms with Crippen molar-refractivity contribution >= 4 is 28.4 Å². The van der Waals surface area contributed by atoms with Crippen LogP contribution in [-0.4, -0.2) is 41.9 Å². The van der Waals surface area contributed by atoms with Crippen LogP contribution in [0.25, 0.3) is 0 Å². The van der Waals surface area contributed by atoms with Gasteiger partial charge in [0.1, 0.15) is 11.8 Å². The molecule has 1 aromatic heterocycles.